The zero-order valence-corrected chi connectivity index (χ0v) is 15.5. The third-order valence-corrected chi connectivity index (χ3v) is 4.65. The fourth-order valence-corrected chi connectivity index (χ4v) is 2.84. The van der Waals surface area contributed by atoms with Crippen molar-refractivity contribution in [2.24, 2.45) is 11.7 Å². The summed E-state index contributed by atoms with van der Waals surface area (Å²) < 4.78 is 0. The predicted octanol–water partition coefficient (Wildman–Crippen LogP) is 1.81. The predicted molar refractivity (Wildman–Crippen MR) is 102 cm³/mol. The van der Waals surface area contributed by atoms with Crippen LogP contribution in [0, 0.1) is 5.92 Å². The van der Waals surface area contributed by atoms with Gasteiger partial charge in [0.15, 0.2) is 0 Å². The van der Waals surface area contributed by atoms with E-state index in [4.69, 9.17) is 5.73 Å². The summed E-state index contributed by atoms with van der Waals surface area (Å²) in [6.07, 6.45) is 4.89. The topological polar surface area (TPSA) is 84.2 Å². The maximum Gasteiger partial charge on any atom is 0.251 e. The maximum absolute atomic E-state index is 12.4. The number of nitrogens with two attached hydrogens (primary N) is 1. The molecule has 1 saturated carbocycles. The number of carbonyl (C=O) groups excluding carboxylic acids is 2. The van der Waals surface area contributed by atoms with Gasteiger partial charge in [-0.1, -0.05) is 18.2 Å². The molecular formula is C17H26ClN3O2S. The first-order chi connectivity index (χ1) is 11.1. The van der Waals surface area contributed by atoms with E-state index in [1.54, 1.807) is 36.0 Å². The lowest BCUT2D eigenvalue weighted by Gasteiger charge is -2.20. The Balaban J connectivity index is 0.00000288. The lowest BCUT2D eigenvalue weighted by molar-refractivity contribution is -0.123. The van der Waals surface area contributed by atoms with E-state index in [0.29, 0.717) is 24.4 Å². The molecule has 0 aliphatic heterocycles. The van der Waals surface area contributed by atoms with Crippen LogP contribution in [0.25, 0.3) is 0 Å². The van der Waals surface area contributed by atoms with Crippen LogP contribution in [-0.2, 0) is 4.79 Å². The Kier molecular flexibility index (Phi) is 9.18. The first-order valence-corrected chi connectivity index (χ1v) is 9.39. The van der Waals surface area contributed by atoms with E-state index in [1.807, 2.05) is 12.3 Å². The minimum absolute atomic E-state index is 0. The molecule has 0 heterocycles. The van der Waals surface area contributed by atoms with Gasteiger partial charge in [-0.3, -0.25) is 9.59 Å². The molecule has 4 N–H and O–H groups in total. The van der Waals surface area contributed by atoms with Crippen molar-refractivity contribution in [3.63, 3.8) is 0 Å². The van der Waals surface area contributed by atoms with Crippen LogP contribution in [0.5, 0.6) is 0 Å². The van der Waals surface area contributed by atoms with E-state index in [-0.39, 0.29) is 30.3 Å². The quantitative estimate of drug-likeness (QED) is 0.618. The first kappa shape index (κ1) is 20.8. The van der Waals surface area contributed by atoms with Gasteiger partial charge in [-0.15, -0.1) is 12.4 Å². The monoisotopic (exact) mass is 371 g/mol. The van der Waals surface area contributed by atoms with Crippen LogP contribution in [0.15, 0.2) is 30.3 Å². The highest BCUT2D eigenvalue weighted by Crippen LogP contribution is 2.31. The highest BCUT2D eigenvalue weighted by atomic mass is 35.5. The molecule has 0 spiro atoms. The minimum atomic E-state index is -0.526. The highest BCUT2D eigenvalue weighted by Gasteiger charge is 2.29. The van der Waals surface area contributed by atoms with E-state index in [0.717, 1.165) is 18.6 Å². The molecule has 5 nitrogen and oxygen atoms in total. The number of hydrogen-bond donors (Lipinski definition) is 3. The fraction of sp³-hybridized carbons (Fsp3) is 0.529. The largest absolute Gasteiger partial charge is 0.353 e. The van der Waals surface area contributed by atoms with Crippen molar-refractivity contribution < 1.29 is 9.59 Å². The standard InChI is InChI=1S/C17H25N3O2S.ClH/c1-23-10-9-15(17(22)19-11-14(18)12-7-8-12)20-16(21)13-5-3-2-4-6-13;/h2-6,12,14-15H,7-11,18H2,1H3,(H,19,22)(H,20,21);1H. The van der Waals surface area contributed by atoms with E-state index >= 15 is 0 Å². The summed E-state index contributed by atoms with van der Waals surface area (Å²) in [5, 5.41) is 5.71. The number of hydrogen-bond acceptors (Lipinski definition) is 4. The average molecular weight is 372 g/mol. The van der Waals surface area contributed by atoms with Gasteiger partial charge in [0, 0.05) is 18.2 Å². The molecule has 0 radical (unpaired) electrons. The molecule has 134 valence electrons. The molecule has 0 aromatic heterocycles. The molecule has 2 atom stereocenters. The molecule has 1 aliphatic rings. The lowest BCUT2D eigenvalue weighted by Crippen LogP contribution is -2.49. The van der Waals surface area contributed by atoms with Crippen LogP contribution < -0.4 is 16.4 Å². The van der Waals surface area contributed by atoms with Gasteiger partial charge in [0.25, 0.3) is 5.91 Å². The Morgan fingerprint density at radius 1 is 1.29 bits per heavy atom. The van der Waals surface area contributed by atoms with Gasteiger partial charge in [0.2, 0.25) is 5.91 Å². The van der Waals surface area contributed by atoms with Gasteiger partial charge < -0.3 is 16.4 Å². The van der Waals surface area contributed by atoms with Crippen molar-refractivity contribution in [3.05, 3.63) is 35.9 Å². The second-order valence-electron chi connectivity index (χ2n) is 5.92. The second kappa shape index (κ2) is 10.6. The number of halogens is 1. The van der Waals surface area contributed by atoms with E-state index in [1.165, 1.54) is 0 Å². The molecule has 7 heteroatoms. The average Bonchev–Trinajstić information content (AvgIpc) is 3.41. The van der Waals surface area contributed by atoms with E-state index in [2.05, 4.69) is 10.6 Å². The number of benzene rings is 1. The van der Waals surface area contributed by atoms with Crippen molar-refractivity contribution >= 4 is 36.0 Å². The summed E-state index contributed by atoms with van der Waals surface area (Å²) in [7, 11) is 0. The van der Waals surface area contributed by atoms with Crippen molar-refractivity contribution in [2.45, 2.75) is 31.3 Å². The summed E-state index contributed by atoms with van der Waals surface area (Å²) in [4.78, 5) is 24.6. The Labute approximate surface area is 153 Å². The molecule has 0 saturated heterocycles. The van der Waals surface area contributed by atoms with Crippen molar-refractivity contribution in [2.75, 3.05) is 18.6 Å². The molecule has 1 aromatic rings. The van der Waals surface area contributed by atoms with Crippen LogP contribution in [0.4, 0.5) is 0 Å². The molecule has 2 amide bonds. The van der Waals surface area contributed by atoms with Gasteiger partial charge in [-0.2, -0.15) is 11.8 Å². The van der Waals surface area contributed by atoms with Gasteiger partial charge in [-0.25, -0.2) is 0 Å². The third-order valence-electron chi connectivity index (χ3n) is 4.01. The Morgan fingerprint density at radius 2 is 1.96 bits per heavy atom. The molecule has 1 aromatic carbocycles. The van der Waals surface area contributed by atoms with E-state index < -0.39 is 6.04 Å². The number of amides is 2. The number of carbonyl (C=O) groups is 2. The lowest BCUT2D eigenvalue weighted by atomic mass is 10.1. The normalized spacial score (nSPS) is 15.8. The van der Waals surface area contributed by atoms with E-state index in [9.17, 15) is 9.59 Å². The Hall–Kier alpha value is -1.24. The van der Waals surface area contributed by atoms with Crippen LogP contribution in [0.2, 0.25) is 0 Å². The Bertz CT molecular complexity index is 526. The molecule has 2 rings (SSSR count). The molecule has 2 unspecified atom stereocenters. The van der Waals surface area contributed by atoms with Crippen LogP contribution in [-0.4, -0.2) is 42.5 Å². The Morgan fingerprint density at radius 3 is 2.54 bits per heavy atom. The molecule has 0 bridgehead atoms. The number of nitrogens with one attached hydrogen (secondary N) is 2. The first-order valence-electron chi connectivity index (χ1n) is 8.00. The second-order valence-corrected chi connectivity index (χ2v) is 6.91. The van der Waals surface area contributed by atoms with Crippen molar-refractivity contribution in [1.82, 2.24) is 10.6 Å². The van der Waals surface area contributed by atoms with Gasteiger partial charge in [-0.05, 0) is 49.3 Å². The summed E-state index contributed by atoms with van der Waals surface area (Å²) in [5.41, 5.74) is 6.57. The van der Waals surface area contributed by atoms with Crippen LogP contribution in [0.1, 0.15) is 29.6 Å². The van der Waals surface area contributed by atoms with Crippen LogP contribution in [0.3, 0.4) is 0 Å². The highest BCUT2D eigenvalue weighted by molar-refractivity contribution is 7.98. The number of thioether (sulfide) groups is 1. The third kappa shape index (κ3) is 6.71. The van der Waals surface area contributed by atoms with Crippen LogP contribution >= 0.6 is 24.2 Å². The van der Waals surface area contributed by atoms with Gasteiger partial charge in [0.05, 0.1) is 0 Å². The smallest absolute Gasteiger partial charge is 0.251 e. The minimum Gasteiger partial charge on any atom is -0.353 e. The molecule has 24 heavy (non-hydrogen) atoms. The van der Waals surface area contributed by atoms with Gasteiger partial charge in [0.1, 0.15) is 6.04 Å². The fourth-order valence-electron chi connectivity index (χ4n) is 2.37. The molecular weight excluding hydrogens is 346 g/mol. The number of rotatable bonds is 9. The summed E-state index contributed by atoms with van der Waals surface area (Å²) >= 11 is 1.65. The SMILES string of the molecule is CSCCC(NC(=O)c1ccccc1)C(=O)NCC(N)C1CC1.Cl. The summed E-state index contributed by atoms with van der Waals surface area (Å²) in [6.45, 7) is 0.473. The maximum atomic E-state index is 12.4. The molecule has 1 fully saturated rings. The summed E-state index contributed by atoms with van der Waals surface area (Å²) in [6, 6.07) is 8.44. The zero-order chi connectivity index (χ0) is 16.7. The van der Waals surface area contributed by atoms with Crippen molar-refractivity contribution in [3.8, 4) is 0 Å². The zero-order valence-electron chi connectivity index (χ0n) is 13.9. The van der Waals surface area contributed by atoms with Crippen molar-refractivity contribution in [1.29, 1.82) is 0 Å². The summed E-state index contributed by atoms with van der Waals surface area (Å²) in [5.74, 6) is 0.971. The molecule has 1 aliphatic carbocycles. The van der Waals surface area contributed by atoms with Gasteiger partial charge >= 0.3 is 0 Å².